The smallest absolute Gasteiger partial charge is 0.154 e. The van der Waals surface area contributed by atoms with Gasteiger partial charge in [-0.3, -0.25) is 0 Å². The topological polar surface area (TPSA) is 98.0 Å². The summed E-state index contributed by atoms with van der Waals surface area (Å²) in [6.07, 6.45) is 2.57. The van der Waals surface area contributed by atoms with Crippen LogP contribution in [0.5, 0.6) is 0 Å². The van der Waals surface area contributed by atoms with Gasteiger partial charge in [0.1, 0.15) is 17.4 Å². The van der Waals surface area contributed by atoms with Crippen molar-refractivity contribution in [1.29, 1.82) is 0 Å². The van der Waals surface area contributed by atoms with E-state index in [2.05, 4.69) is 15.4 Å². The van der Waals surface area contributed by atoms with E-state index in [1.54, 1.807) is 6.07 Å². The molecule has 7 heteroatoms. The van der Waals surface area contributed by atoms with Gasteiger partial charge < -0.3 is 5.43 Å². The van der Waals surface area contributed by atoms with Gasteiger partial charge in [0.2, 0.25) is 0 Å². The third-order valence-electron chi connectivity index (χ3n) is 1.24. The van der Waals surface area contributed by atoms with E-state index in [1.807, 2.05) is 0 Å². The average molecular weight is 202 g/mol. The Labute approximate surface area is 76.1 Å². The molecule has 0 saturated heterocycles. The molecule has 0 spiro atoms. The zero-order valence-corrected chi connectivity index (χ0v) is 7.87. The van der Waals surface area contributed by atoms with Crippen LogP contribution in [0.3, 0.4) is 0 Å². The number of hydrazine groups is 1. The molecule has 3 N–H and O–H groups in total. The molecule has 13 heavy (non-hydrogen) atoms. The predicted molar refractivity (Wildman–Crippen MR) is 48.4 cm³/mol. The number of hydrogen-bond donors (Lipinski definition) is 2. The molecule has 1 aromatic rings. The van der Waals surface area contributed by atoms with Gasteiger partial charge >= 0.3 is 0 Å². The fraction of sp³-hybridized carbons (Fsp3) is 0.333. The van der Waals surface area contributed by atoms with E-state index in [1.165, 1.54) is 6.20 Å². The average Bonchev–Trinajstić information content (AvgIpc) is 2.01. The number of anilines is 1. The van der Waals surface area contributed by atoms with Gasteiger partial charge in [0.15, 0.2) is 9.84 Å². The lowest BCUT2D eigenvalue weighted by Gasteiger charge is -2.00. The van der Waals surface area contributed by atoms with Crippen molar-refractivity contribution in [2.45, 2.75) is 5.75 Å². The van der Waals surface area contributed by atoms with Crippen molar-refractivity contribution in [2.75, 3.05) is 11.7 Å². The zero-order chi connectivity index (χ0) is 9.90. The van der Waals surface area contributed by atoms with Gasteiger partial charge in [0, 0.05) is 18.5 Å². The second-order valence-electron chi connectivity index (χ2n) is 2.57. The Morgan fingerprint density at radius 1 is 1.62 bits per heavy atom. The molecule has 0 aliphatic carbocycles. The molecular weight excluding hydrogens is 192 g/mol. The van der Waals surface area contributed by atoms with Crippen molar-refractivity contribution in [2.24, 2.45) is 5.84 Å². The van der Waals surface area contributed by atoms with E-state index in [9.17, 15) is 8.42 Å². The summed E-state index contributed by atoms with van der Waals surface area (Å²) in [6, 6.07) is 1.55. The summed E-state index contributed by atoms with van der Waals surface area (Å²) in [6.45, 7) is 0. The van der Waals surface area contributed by atoms with Crippen molar-refractivity contribution in [3.63, 3.8) is 0 Å². The maximum absolute atomic E-state index is 10.9. The number of nitrogen functional groups attached to an aromatic ring is 1. The molecule has 0 amide bonds. The van der Waals surface area contributed by atoms with Crippen LogP contribution in [0.25, 0.3) is 0 Å². The number of aromatic nitrogens is 2. The maximum atomic E-state index is 10.9. The summed E-state index contributed by atoms with van der Waals surface area (Å²) < 4.78 is 21.7. The number of sulfone groups is 1. The molecule has 1 heterocycles. The van der Waals surface area contributed by atoms with Gasteiger partial charge in [-0.25, -0.2) is 24.2 Å². The second kappa shape index (κ2) is 3.67. The molecule has 0 aliphatic rings. The largest absolute Gasteiger partial charge is 0.308 e. The zero-order valence-electron chi connectivity index (χ0n) is 7.06. The highest BCUT2D eigenvalue weighted by Crippen LogP contribution is 2.02. The molecule has 0 radical (unpaired) electrons. The Morgan fingerprint density at radius 3 is 2.85 bits per heavy atom. The molecule has 0 fully saturated rings. The fourth-order valence-electron chi connectivity index (χ4n) is 0.784. The van der Waals surface area contributed by atoms with Gasteiger partial charge in [-0.05, 0) is 0 Å². The summed E-state index contributed by atoms with van der Waals surface area (Å²) in [4.78, 5) is 7.64. The quantitative estimate of drug-likeness (QED) is 0.497. The summed E-state index contributed by atoms with van der Waals surface area (Å²) in [5.41, 5.74) is 2.31. The summed E-state index contributed by atoms with van der Waals surface area (Å²) in [5, 5.41) is 0. The molecule has 0 atom stereocenters. The van der Waals surface area contributed by atoms with E-state index in [0.29, 0.717) is 5.82 Å². The Morgan fingerprint density at radius 2 is 2.31 bits per heavy atom. The van der Waals surface area contributed by atoms with Crippen LogP contribution in [-0.2, 0) is 15.6 Å². The lowest BCUT2D eigenvalue weighted by atomic mass is 10.5. The van der Waals surface area contributed by atoms with Crippen LogP contribution in [0, 0.1) is 0 Å². The number of nitrogens with two attached hydrogens (primary N) is 1. The Hall–Kier alpha value is -1.21. The minimum atomic E-state index is -3.10. The molecule has 1 rings (SSSR count). The van der Waals surface area contributed by atoms with Crippen LogP contribution in [-0.4, -0.2) is 24.6 Å². The molecule has 0 saturated carbocycles. The van der Waals surface area contributed by atoms with Gasteiger partial charge in [0.05, 0.1) is 0 Å². The van der Waals surface area contributed by atoms with Crippen LogP contribution in [0.2, 0.25) is 0 Å². The number of nitrogens with one attached hydrogen (secondary N) is 1. The number of nitrogens with zero attached hydrogens (tertiary/aromatic N) is 2. The fourth-order valence-corrected chi connectivity index (χ4v) is 1.39. The SMILES string of the molecule is CS(=O)(=O)Cc1nccc(NN)n1. The number of rotatable bonds is 3. The maximum Gasteiger partial charge on any atom is 0.154 e. The molecule has 0 aliphatic heterocycles. The van der Waals surface area contributed by atoms with Crippen molar-refractivity contribution in [1.82, 2.24) is 9.97 Å². The molecule has 6 nitrogen and oxygen atoms in total. The Kier molecular flexibility index (Phi) is 2.79. The van der Waals surface area contributed by atoms with E-state index in [0.717, 1.165) is 6.26 Å². The van der Waals surface area contributed by atoms with Gasteiger partial charge in [0.25, 0.3) is 0 Å². The van der Waals surface area contributed by atoms with Gasteiger partial charge in [-0.1, -0.05) is 0 Å². The first-order chi connectivity index (χ1) is 6.01. The predicted octanol–water partition coefficient (Wildman–Crippen LogP) is -0.693. The summed E-state index contributed by atoms with van der Waals surface area (Å²) >= 11 is 0. The third-order valence-corrected chi connectivity index (χ3v) is 2.03. The van der Waals surface area contributed by atoms with Gasteiger partial charge in [-0.2, -0.15) is 0 Å². The van der Waals surface area contributed by atoms with Crippen LogP contribution < -0.4 is 11.3 Å². The molecule has 0 bridgehead atoms. The van der Waals surface area contributed by atoms with Gasteiger partial charge in [-0.15, -0.1) is 0 Å². The highest BCUT2D eigenvalue weighted by atomic mass is 32.2. The lowest BCUT2D eigenvalue weighted by molar-refractivity contribution is 0.599. The van der Waals surface area contributed by atoms with Crippen LogP contribution in [0.1, 0.15) is 5.82 Å². The highest BCUT2D eigenvalue weighted by molar-refractivity contribution is 7.89. The van der Waals surface area contributed by atoms with E-state index >= 15 is 0 Å². The van der Waals surface area contributed by atoms with E-state index in [4.69, 9.17) is 5.84 Å². The summed E-state index contributed by atoms with van der Waals surface area (Å²) in [5.74, 6) is 5.55. The monoisotopic (exact) mass is 202 g/mol. The molecule has 0 aromatic carbocycles. The first kappa shape index (κ1) is 9.87. The van der Waals surface area contributed by atoms with Crippen LogP contribution in [0.4, 0.5) is 5.82 Å². The molecular formula is C6H10N4O2S. The van der Waals surface area contributed by atoms with Crippen molar-refractivity contribution >= 4 is 15.7 Å². The van der Waals surface area contributed by atoms with E-state index in [-0.39, 0.29) is 11.6 Å². The van der Waals surface area contributed by atoms with Crippen LogP contribution >= 0.6 is 0 Å². The Bertz CT molecular complexity index is 389. The van der Waals surface area contributed by atoms with Crippen molar-refractivity contribution in [3.8, 4) is 0 Å². The Balaban J connectivity index is 2.90. The highest BCUT2D eigenvalue weighted by Gasteiger charge is 2.07. The minimum Gasteiger partial charge on any atom is -0.308 e. The lowest BCUT2D eigenvalue weighted by Crippen LogP contribution is -2.11. The molecule has 72 valence electrons. The first-order valence-corrected chi connectivity index (χ1v) is 5.53. The normalized spacial score (nSPS) is 11.2. The molecule has 1 aromatic heterocycles. The van der Waals surface area contributed by atoms with Crippen LogP contribution in [0.15, 0.2) is 12.3 Å². The standard InChI is InChI=1S/C6H10N4O2S/c1-13(11,12)4-6-8-3-2-5(9-6)10-7/h2-3H,4,7H2,1H3,(H,8,9,10). The van der Waals surface area contributed by atoms with Crippen molar-refractivity contribution < 1.29 is 8.42 Å². The summed E-state index contributed by atoms with van der Waals surface area (Å²) in [7, 11) is -3.10. The number of hydrogen-bond acceptors (Lipinski definition) is 6. The third kappa shape index (κ3) is 3.34. The van der Waals surface area contributed by atoms with Crippen molar-refractivity contribution in [3.05, 3.63) is 18.1 Å². The minimum absolute atomic E-state index is 0.178. The van der Waals surface area contributed by atoms with E-state index < -0.39 is 9.84 Å². The first-order valence-electron chi connectivity index (χ1n) is 3.47. The molecule has 0 unspecified atom stereocenters. The second-order valence-corrected chi connectivity index (χ2v) is 4.71.